The number of aromatic nitrogens is 3. The summed E-state index contributed by atoms with van der Waals surface area (Å²) in [5.74, 6) is -0.0553. The molecular formula is C26H25N5O2. The zero-order valence-electron chi connectivity index (χ0n) is 18.1. The van der Waals surface area contributed by atoms with Crippen LogP contribution in [0.1, 0.15) is 40.2 Å². The third kappa shape index (κ3) is 4.30. The molecule has 1 fully saturated rings. The highest BCUT2D eigenvalue weighted by atomic mass is 16.2. The molecule has 5 rings (SSSR count). The van der Waals surface area contributed by atoms with Gasteiger partial charge in [0.15, 0.2) is 0 Å². The number of fused-ring (bicyclic) bond motifs is 1. The van der Waals surface area contributed by atoms with Gasteiger partial charge in [-0.25, -0.2) is 4.98 Å². The topological polar surface area (TPSA) is 97.0 Å². The maximum Gasteiger partial charge on any atom is 0.248 e. The maximum atomic E-state index is 12.7. The van der Waals surface area contributed by atoms with E-state index in [0.717, 1.165) is 35.0 Å². The molecule has 3 heterocycles. The molecule has 0 aliphatic carbocycles. The van der Waals surface area contributed by atoms with E-state index in [0.29, 0.717) is 24.6 Å². The van der Waals surface area contributed by atoms with Crippen LogP contribution < -0.4 is 5.73 Å². The van der Waals surface area contributed by atoms with E-state index in [-0.39, 0.29) is 5.91 Å². The van der Waals surface area contributed by atoms with Crippen LogP contribution in [0.5, 0.6) is 0 Å². The third-order valence-electron chi connectivity index (χ3n) is 6.36. The molecule has 0 unspecified atom stereocenters. The Hall–Kier alpha value is -4.13. The van der Waals surface area contributed by atoms with Gasteiger partial charge < -0.3 is 20.2 Å². The van der Waals surface area contributed by atoms with E-state index < -0.39 is 5.91 Å². The number of carbonyl (C=O) groups is 2. The molecular weight excluding hydrogens is 414 g/mol. The van der Waals surface area contributed by atoms with E-state index in [4.69, 9.17) is 5.73 Å². The van der Waals surface area contributed by atoms with Gasteiger partial charge in [-0.15, -0.1) is 0 Å². The van der Waals surface area contributed by atoms with Crippen LogP contribution in [-0.4, -0.2) is 44.3 Å². The van der Waals surface area contributed by atoms with Crippen molar-refractivity contribution in [2.45, 2.75) is 18.8 Å². The molecule has 7 nitrogen and oxygen atoms in total. The van der Waals surface area contributed by atoms with Crippen molar-refractivity contribution in [3.63, 3.8) is 0 Å². The SMILES string of the molecule is NC(=O)c1ccc2[nH]cc(C3CCN(C(=O)/C=C/c4ccc(-n5ccnc5)cc4)CC3)c2c1. The van der Waals surface area contributed by atoms with E-state index in [1.165, 1.54) is 5.56 Å². The standard InChI is InChI=1S/C26H25N5O2/c27-26(33)20-4-7-24-22(15-20)23(16-29-24)19-9-12-30(13-10-19)25(32)8-3-18-1-5-21(6-2-18)31-14-11-28-17-31/h1-8,11,14-17,19,29H,9-10,12-13H2,(H2,27,33)/b8-3+. The second-order valence-corrected chi connectivity index (χ2v) is 8.36. The number of benzene rings is 2. The second-order valence-electron chi connectivity index (χ2n) is 8.36. The van der Waals surface area contributed by atoms with Crippen molar-refractivity contribution in [1.29, 1.82) is 0 Å². The van der Waals surface area contributed by atoms with Gasteiger partial charge in [0.05, 0.1) is 6.33 Å². The fraction of sp³-hybridized carbons (Fsp3) is 0.192. The van der Waals surface area contributed by atoms with Crippen molar-refractivity contribution in [1.82, 2.24) is 19.4 Å². The summed E-state index contributed by atoms with van der Waals surface area (Å²) in [5, 5.41) is 1.04. The van der Waals surface area contributed by atoms with Gasteiger partial charge in [0.2, 0.25) is 11.8 Å². The Bertz CT molecular complexity index is 1310. The fourth-order valence-corrected chi connectivity index (χ4v) is 4.49. The number of carbonyl (C=O) groups excluding carboxylic acids is 2. The van der Waals surface area contributed by atoms with E-state index in [1.54, 1.807) is 24.7 Å². The molecule has 3 N–H and O–H groups in total. The molecule has 1 aliphatic heterocycles. The van der Waals surface area contributed by atoms with E-state index in [9.17, 15) is 9.59 Å². The Balaban J connectivity index is 1.21. The number of rotatable bonds is 5. The molecule has 4 aromatic rings. The second kappa shape index (κ2) is 8.78. The van der Waals surface area contributed by atoms with Gasteiger partial charge in [-0.05, 0) is 66.3 Å². The van der Waals surface area contributed by atoms with Crippen molar-refractivity contribution in [3.8, 4) is 5.69 Å². The van der Waals surface area contributed by atoms with Crippen LogP contribution in [0.4, 0.5) is 0 Å². The highest BCUT2D eigenvalue weighted by Crippen LogP contribution is 2.33. The average molecular weight is 440 g/mol. The molecule has 2 amide bonds. The lowest BCUT2D eigenvalue weighted by atomic mass is 9.89. The predicted molar refractivity (Wildman–Crippen MR) is 128 cm³/mol. The summed E-state index contributed by atoms with van der Waals surface area (Å²) in [6.45, 7) is 1.41. The zero-order chi connectivity index (χ0) is 22.8. The summed E-state index contributed by atoms with van der Waals surface area (Å²) in [5.41, 5.74) is 10.2. The number of aromatic amines is 1. The number of likely N-dealkylation sites (tertiary alicyclic amines) is 1. The van der Waals surface area contributed by atoms with Crippen LogP contribution in [0.25, 0.3) is 22.7 Å². The first kappa shape index (κ1) is 20.8. The Morgan fingerprint density at radius 1 is 1.09 bits per heavy atom. The lowest BCUT2D eigenvalue weighted by molar-refractivity contribution is -0.126. The molecule has 0 saturated carbocycles. The van der Waals surface area contributed by atoms with Gasteiger partial charge >= 0.3 is 0 Å². The van der Waals surface area contributed by atoms with Crippen LogP contribution in [0, 0.1) is 0 Å². The quantitative estimate of drug-likeness (QED) is 0.462. The Labute approximate surface area is 191 Å². The number of hydrogen-bond donors (Lipinski definition) is 2. The smallest absolute Gasteiger partial charge is 0.248 e. The minimum absolute atomic E-state index is 0.0297. The molecule has 33 heavy (non-hydrogen) atoms. The van der Waals surface area contributed by atoms with Crippen molar-refractivity contribution in [3.05, 3.63) is 90.1 Å². The number of hydrogen-bond acceptors (Lipinski definition) is 3. The van der Waals surface area contributed by atoms with Gasteiger partial charge in [0.1, 0.15) is 0 Å². The fourth-order valence-electron chi connectivity index (χ4n) is 4.49. The number of nitrogens with two attached hydrogens (primary N) is 1. The molecule has 0 radical (unpaired) electrons. The zero-order valence-corrected chi connectivity index (χ0v) is 18.1. The first-order valence-electron chi connectivity index (χ1n) is 11.0. The number of primary amides is 1. The number of H-pyrrole nitrogens is 1. The number of piperidine rings is 1. The van der Waals surface area contributed by atoms with Gasteiger partial charge in [0.25, 0.3) is 0 Å². The summed E-state index contributed by atoms with van der Waals surface area (Å²) >= 11 is 0. The largest absolute Gasteiger partial charge is 0.366 e. The van der Waals surface area contributed by atoms with Crippen molar-refractivity contribution in [2.24, 2.45) is 5.73 Å². The number of amides is 2. The first-order chi connectivity index (χ1) is 16.1. The van der Waals surface area contributed by atoms with Crippen molar-refractivity contribution < 1.29 is 9.59 Å². The van der Waals surface area contributed by atoms with Gasteiger partial charge in [-0.3, -0.25) is 9.59 Å². The van der Waals surface area contributed by atoms with Crippen LogP contribution in [-0.2, 0) is 4.79 Å². The minimum atomic E-state index is -0.423. The Morgan fingerprint density at radius 3 is 2.58 bits per heavy atom. The van der Waals surface area contributed by atoms with Crippen molar-refractivity contribution >= 4 is 28.8 Å². The summed E-state index contributed by atoms with van der Waals surface area (Å²) in [4.78, 5) is 33.5. The van der Waals surface area contributed by atoms with E-state index >= 15 is 0 Å². The van der Waals surface area contributed by atoms with Gasteiger partial charge in [0, 0.05) is 59.9 Å². The lowest BCUT2D eigenvalue weighted by Crippen LogP contribution is -2.36. The third-order valence-corrected chi connectivity index (χ3v) is 6.36. The van der Waals surface area contributed by atoms with Crippen LogP contribution in [0.2, 0.25) is 0 Å². The highest BCUT2D eigenvalue weighted by Gasteiger charge is 2.24. The summed E-state index contributed by atoms with van der Waals surface area (Å²) in [7, 11) is 0. The average Bonchev–Trinajstić information content (AvgIpc) is 3.53. The lowest BCUT2D eigenvalue weighted by Gasteiger charge is -2.31. The van der Waals surface area contributed by atoms with E-state index in [2.05, 4.69) is 9.97 Å². The van der Waals surface area contributed by atoms with Gasteiger partial charge in [-0.2, -0.15) is 0 Å². The molecule has 7 heteroatoms. The molecule has 2 aromatic carbocycles. The maximum absolute atomic E-state index is 12.7. The summed E-state index contributed by atoms with van der Waals surface area (Å²) < 4.78 is 1.94. The monoisotopic (exact) mass is 439 g/mol. The molecule has 0 atom stereocenters. The van der Waals surface area contributed by atoms with Crippen LogP contribution >= 0.6 is 0 Å². The number of nitrogens with one attached hydrogen (secondary N) is 1. The van der Waals surface area contributed by atoms with Gasteiger partial charge in [-0.1, -0.05) is 12.1 Å². The van der Waals surface area contributed by atoms with E-state index in [1.807, 2.05) is 64.3 Å². The highest BCUT2D eigenvalue weighted by molar-refractivity contribution is 5.98. The Kier molecular flexibility index (Phi) is 5.52. The Morgan fingerprint density at radius 2 is 1.88 bits per heavy atom. The first-order valence-corrected chi connectivity index (χ1v) is 11.0. The summed E-state index contributed by atoms with van der Waals surface area (Å²) in [6.07, 6.45) is 12.7. The molecule has 1 aliphatic rings. The van der Waals surface area contributed by atoms with Crippen LogP contribution in [0.3, 0.4) is 0 Å². The molecule has 0 spiro atoms. The van der Waals surface area contributed by atoms with Crippen molar-refractivity contribution in [2.75, 3.05) is 13.1 Å². The normalized spacial score (nSPS) is 14.8. The number of nitrogens with zero attached hydrogens (tertiary/aromatic N) is 3. The molecule has 166 valence electrons. The molecule has 2 aromatic heterocycles. The summed E-state index contributed by atoms with van der Waals surface area (Å²) in [6, 6.07) is 13.5. The number of imidazole rings is 1. The molecule has 1 saturated heterocycles. The minimum Gasteiger partial charge on any atom is -0.366 e. The molecule has 0 bridgehead atoms. The van der Waals surface area contributed by atoms with Crippen LogP contribution in [0.15, 0.2) is 73.5 Å². The predicted octanol–water partition coefficient (Wildman–Crippen LogP) is 3.87.